The third-order valence-electron chi connectivity index (χ3n) is 20.4. The van der Waals surface area contributed by atoms with Crippen LogP contribution in [0.15, 0.2) is 45.8 Å². The van der Waals surface area contributed by atoms with E-state index in [4.69, 9.17) is 55.2 Å². The third kappa shape index (κ3) is 41.2. The number of nitrogens with zero attached hydrogens (tertiary/aromatic N) is 18. The van der Waals surface area contributed by atoms with Gasteiger partial charge in [-0.1, -0.05) is 38.8 Å². The van der Waals surface area contributed by atoms with Gasteiger partial charge in [-0.25, -0.2) is 29.9 Å². The van der Waals surface area contributed by atoms with Crippen molar-refractivity contribution in [2.24, 2.45) is 0 Å². The van der Waals surface area contributed by atoms with Crippen LogP contribution in [0.2, 0.25) is 5.15 Å². The zero-order valence-electron chi connectivity index (χ0n) is 77.7. The van der Waals surface area contributed by atoms with Crippen molar-refractivity contribution in [2.45, 2.75) is 118 Å². The van der Waals surface area contributed by atoms with Crippen molar-refractivity contribution >= 4 is 522 Å². The van der Waals surface area contributed by atoms with Crippen molar-refractivity contribution in [3.8, 4) is 0 Å². The Morgan fingerprint density at radius 3 is 1.09 bits per heavy atom. The van der Waals surface area contributed by atoms with E-state index in [1.807, 2.05) is 16.0 Å². The van der Waals surface area contributed by atoms with Crippen LogP contribution in [0.4, 0.5) is 29.1 Å². The number of rotatable bonds is 36. The summed E-state index contributed by atoms with van der Waals surface area (Å²) in [6.07, 6.45) is 12.2. The van der Waals surface area contributed by atoms with Gasteiger partial charge in [-0.05, 0) is 274 Å². The number of oxazole rings is 2. The zero-order chi connectivity index (χ0) is 102. The highest BCUT2D eigenvalue weighted by atomic mass is 35.5. The highest BCUT2D eigenvalue weighted by Gasteiger charge is 2.61. The zero-order valence-corrected chi connectivity index (χ0v) is 136. The van der Waals surface area contributed by atoms with Gasteiger partial charge >= 0.3 is 0 Å². The molecule has 81 heteroatoms. The fourth-order valence-corrected chi connectivity index (χ4v) is 806. The molecule has 0 saturated carbocycles. The second-order valence-corrected chi connectivity index (χ2v) is 261. The first-order chi connectivity index (χ1) is 65.4. The van der Waals surface area contributed by atoms with Crippen LogP contribution in [-0.4, -0.2) is 187 Å². The Balaban J connectivity index is 0.000000217. The maximum Gasteiger partial charge on any atom is 0.252 e. The molecule has 34 unspecified atom stereocenters. The van der Waals surface area contributed by atoms with Gasteiger partial charge in [0.1, 0.15) is 35.9 Å². The number of aromatic nitrogens is 12. The lowest BCUT2D eigenvalue weighted by atomic mass is 9.99. The van der Waals surface area contributed by atoms with Gasteiger partial charge in [0.25, 0.3) is 11.4 Å². The summed E-state index contributed by atoms with van der Waals surface area (Å²) in [6.45, 7) is 24.5. The predicted molar refractivity (Wildman–Crippen MR) is 787 cm³/mol. The number of aliphatic hydroxyl groups is 1. The normalized spacial score (nSPS) is 18.0. The number of hydrogen-bond acceptors (Lipinski definition) is 22. The van der Waals surface area contributed by atoms with Crippen LogP contribution >= 0.6 is 459 Å². The van der Waals surface area contributed by atoms with Crippen LogP contribution in [0.3, 0.4) is 0 Å². The first-order valence-corrected chi connectivity index (χ1v) is 144. The van der Waals surface area contributed by atoms with E-state index >= 15 is 0 Å². The number of piperidine rings is 2. The first-order valence-electron chi connectivity index (χ1n) is 42.4. The monoisotopic (exact) mass is 2940 g/mol. The van der Waals surface area contributed by atoms with E-state index in [0.29, 0.717) is 45.4 Å². The average Bonchev–Trinajstić information content (AvgIpc) is 1.40. The summed E-state index contributed by atoms with van der Waals surface area (Å²) in [5.74, 6) is 6.32. The van der Waals surface area contributed by atoms with E-state index in [9.17, 15) is 0 Å². The molecule has 34 atom stereocenters. The van der Waals surface area contributed by atoms with Crippen molar-refractivity contribution in [1.82, 2.24) is 69.3 Å². The van der Waals surface area contributed by atoms with Crippen LogP contribution in [0.5, 0.6) is 0 Å². The minimum atomic E-state index is -0.255. The van der Waals surface area contributed by atoms with Crippen LogP contribution < -0.4 is 29.8 Å². The molecule has 6 fully saturated rings. The molecule has 8 aromatic heterocycles. The molecule has 0 bridgehead atoms. The van der Waals surface area contributed by atoms with E-state index < -0.39 is 0 Å². The standard InChI is InChI=1S/C24H29N9O2.C18H26N6O.C6H4ClN3O.C6H15N.C3H8O.H58P56/c1-16-27-22-23(25-15-26-24(22)35-16)32-8-3-2-5-18(32)17-13-20-28-19(30-6-4-7-30)14-21(33(20)29-17)31-9-11-34-12-10-31;1-2-5-19-14(4-1)15-12-17-20-16(22-6-3-7-22)13-18(24(17)21-15)23-8-10-25-11-9-23;1-3-10-4-5(7)8-2-9-6(4)11-3;1-4-7(5-2)6-3;1-3(2)4;1-30(2)44(29)51(43(27)28)55(52(45(31(3)4)32(5)6)46(33(7)8)34(9)10)56(53(47(35(11)12)36(13)14)48(37(15)16)38(17)18)54(49(39(19)20)40(21)22)50(41(23)24)42(25)26/h13-15,18H,2-12H2,1H3;12-14,19H,1-11H2;2H,1H3;4-6H2,1-3H3;3-4H,1-2H3;1-29H2. The highest BCUT2D eigenvalue weighted by Crippen LogP contribution is 3.48. The molecule has 0 spiro atoms. The second-order valence-electron chi connectivity index (χ2n) is 30.4. The van der Waals surface area contributed by atoms with Crippen molar-refractivity contribution in [2.75, 3.05) is 136 Å². The number of aliphatic hydroxyl groups excluding tert-OH is 1. The van der Waals surface area contributed by atoms with Crippen LogP contribution in [-0.2, 0) is 9.47 Å². The number of hydrogen-bond donors (Lipinski definition) is 2. The Bertz CT molecular complexity index is 4780. The molecule has 6 saturated heterocycles. The van der Waals surface area contributed by atoms with Crippen LogP contribution in [0.1, 0.15) is 121 Å². The molecule has 24 nitrogen and oxygen atoms in total. The number of morpholine rings is 2. The average molecular weight is 2940 g/mol. The van der Waals surface area contributed by atoms with Gasteiger partial charge in [0, 0.05) is 103 Å². The molecule has 6 aliphatic heterocycles. The lowest BCUT2D eigenvalue weighted by Gasteiger charge is -2.59. The predicted octanol–water partition coefficient (Wildman–Crippen LogP) is 40.4. The van der Waals surface area contributed by atoms with E-state index in [1.54, 1.807) is 27.1 Å². The van der Waals surface area contributed by atoms with Gasteiger partial charge in [-0.2, -0.15) is 29.2 Å². The molecule has 6 aliphatic rings. The summed E-state index contributed by atoms with van der Waals surface area (Å²) in [5.41, 5.74) is 6.20. The SMILES string of the molecule is CC(C)O.CCN(CC)CC.Cc1nc2c(Cl)ncnc2o1.Cc1nc2c(N3CCCCC3c3cc4nc(N5CCC5)cc(N5CCOCC5)n4n3)ncnc2o1.PP(P)P(P)P(P(P)P)P(P(P(P(P)P)P(P)P)P(P(P)P)P(P)P)P(P(P(P(P)P)P(P)P)P(P(P)P)P(P)P)P(P(P(P)P)P(P)P)P(P(P)P)P(P)P.c1c(N2CCC2)nc2cc(C3CCCCN3)nn2c1N1CCOCC1. The fraction of sp³-hybridized carbons (Fsp3) is 0.614. The van der Waals surface area contributed by atoms with Crippen LogP contribution in [0.25, 0.3) is 33.8 Å². The molecule has 0 amide bonds. The van der Waals surface area contributed by atoms with Crippen molar-refractivity contribution < 1.29 is 23.4 Å². The summed E-state index contributed by atoms with van der Waals surface area (Å²) >= 11 is 5.70. The summed E-state index contributed by atoms with van der Waals surface area (Å²) in [7, 11) is 102. The minimum absolute atomic E-state index is 0.0885. The second kappa shape index (κ2) is 71.6. The maximum atomic E-state index is 8.06. The number of halogens is 1. The van der Waals surface area contributed by atoms with Gasteiger partial charge in [-0.15, -0.1) is 259 Å². The number of nitrogens with one attached hydrogen (secondary N) is 1. The Morgan fingerprint density at radius 2 is 0.746 bits per heavy atom. The van der Waals surface area contributed by atoms with Gasteiger partial charge in [0.15, 0.2) is 45.1 Å². The van der Waals surface area contributed by atoms with E-state index in [0.717, 1.165) is 169 Å². The molecule has 2 N–H and O–H groups in total. The summed E-state index contributed by atoms with van der Waals surface area (Å²) in [4.78, 5) is 49.1. The molecular weight excluding hydrogens is 2800 g/mol. The summed E-state index contributed by atoms with van der Waals surface area (Å²) in [6, 6.07) is 9.19. The molecule has 0 aromatic carbocycles. The Morgan fingerprint density at radius 1 is 0.399 bits per heavy atom. The van der Waals surface area contributed by atoms with E-state index in [-0.39, 0.29) is 201 Å². The third-order valence-corrected chi connectivity index (χ3v) is 410. The molecule has 780 valence electrons. The molecular formula is C57H140ClN19O5P56. The molecule has 14 heterocycles. The van der Waals surface area contributed by atoms with Gasteiger partial charge in [-0.3, -0.25) is 0 Å². The van der Waals surface area contributed by atoms with E-state index in [1.165, 1.54) is 51.6 Å². The smallest absolute Gasteiger partial charge is 0.252 e. The summed E-state index contributed by atoms with van der Waals surface area (Å²) in [5, 5.41) is 22.1. The molecule has 14 rings (SSSR count). The molecule has 0 radical (unpaired) electrons. The Kier molecular flexibility index (Phi) is 72.0. The summed E-state index contributed by atoms with van der Waals surface area (Å²) < 4.78 is 26.0. The Hall–Kier alpha value is 17.5. The molecule has 8 aromatic rings. The molecule has 0 aliphatic carbocycles. The van der Waals surface area contributed by atoms with Crippen molar-refractivity contribution in [3.63, 3.8) is 0 Å². The number of ether oxygens (including phenoxy) is 2. The van der Waals surface area contributed by atoms with Gasteiger partial charge < -0.3 is 58.1 Å². The van der Waals surface area contributed by atoms with Crippen molar-refractivity contribution in [3.05, 3.63) is 65.2 Å². The van der Waals surface area contributed by atoms with Crippen molar-refractivity contribution in [1.29, 1.82) is 0 Å². The van der Waals surface area contributed by atoms with Gasteiger partial charge in [0.05, 0.1) is 49.9 Å². The largest absolute Gasteiger partial charge is 0.422 e. The van der Waals surface area contributed by atoms with E-state index in [2.05, 4.69) is 369 Å². The maximum absolute atomic E-state index is 8.06. The lowest BCUT2D eigenvalue weighted by Crippen LogP contribution is -2.40. The topological polar surface area (TPSA) is 234 Å². The number of anilines is 5. The minimum Gasteiger partial charge on any atom is -0.422 e. The number of fused-ring (bicyclic) bond motifs is 4. The van der Waals surface area contributed by atoms with Gasteiger partial charge in [0.2, 0.25) is 0 Å². The fourth-order valence-electron chi connectivity index (χ4n) is 14.1. The quantitative estimate of drug-likeness (QED) is 0.0274. The Labute approximate surface area is 923 Å². The molecule has 138 heavy (non-hydrogen) atoms. The number of aryl methyl sites for hydroxylation is 2. The van der Waals surface area contributed by atoms with Crippen LogP contribution in [0, 0.1) is 13.8 Å². The first kappa shape index (κ1) is 139. The highest BCUT2D eigenvalue weighted by molar-refractivity contribution is 9.53. The lowest BCUT2D eigenvalue weighted by molar-refractivity contribution is 0.122.